The Morgan fingerprint density at radius 2 is 2.00 bits per heavy atom. The average molecular weight is 250 g/mol. The Balaban J connectivity index is 2.39. The van der Waals surface area contributed by atoms with E-state index in [1.807, 2.05) is 31.2 Å². The zero-order valence-electron chi connectivity index (χ0n) is 11.1. The molecule has 1 rings (SSSR count). The summed E-state index contributed by atoms with van der Waals surface area (Å²) < 4.78 is 0. The molecule has 1 unspecified atom stereocenters. The molecule has 0 aliphatic heterocycles. The molecule has 0 fully saturated rings. The maximum atomic E-state index is 11.7. The quantitative estimate of drug-likeness (QED) is 0.726. The molecule has 0 aliphatic rings. The predicted octanol–water partition coefficient (Wildman–Crippen LogP) is 2.53. The number of hydrogen-bond donors (Lipinski definition) is 3. The van der Waals surface area contributed by atoms with Gasteiger partial charge in [0.15, 0.2) is 0 Å². The van der Waals surface area contributed by atoms with Gasteiger partial charge in [0.05, 0.1) is 0 Å². The van der Waals surface area contributed by atoms with Crippen molar-refractivity contribution in [3.63, 3.8) is 0 Å². The molecule has 1 aromatic rings. The summed E-state index contributed by atoms with van der Waals surface area (Å²) in [6, 6.07) is 7.67. The molecule has 3 N–H and O–H groups in total. The fraction of sp³-hybridized carbons (Fsp3) is 0.500. The molecule has 0 aliphatic carbocycles. The summed E-state index contributed by atoms with van der Waals surface area (Å²) in [5.41, 5.74) is 2.04. The molecule has 0 saturated carbocycles. The lowest BCUT2D eigenvalue weighted by Crippen LogP contribution is -2.36. The van der Waals surface area contributed by atoms with Crippen molar-refractivity contribution >= 4 is 11.7 Å². The van der Waals surface area contributed by atoms with Crippen molar-refractivity contribution in [3.05, 3.63) is 29.8 Å². The zero-order chi connectivity index (χ0) is 13.4. The van der Waals surface area contributed by atoms with Gasteiger partial charge in [-0.2, -0.15) is 0 Å². The Labute approximate surface area is 108 Å². The van der Waals surface area contributed by atoms with Gasteiger partial charge in [-0.1, -0.05) is 19.1 Å². The third-order valence-electron chi connectivity index (χ3n) is 2.79. The minimum atomic E-state index is -0.204. The number of rotatable bonds is 6. The average Bonchev–Trinajstić information content (AvgIpc) is 2.37. The van der Waals surface area contributed by atoms with Crippen molar-refractivity contribution in [2.24, 2.45) is 0 Å². The summed E-state index contributed by atoms with van der Waals surface area (Å²) in [7, 11) is 0. The molecular formula is C14H22N2O2. The first-order valence-corrected chi connectivity index (χ1v) is 6.43. The van der Waals surface area contributed by atoms with Crippen molar-refractivity contribution < 1.29 is 9.90 Å². The van der Waals surface area contributed by atoms with Crippen LogP contribution in [0.1, 0.15) is 32.3 Å². The van der Waals surface area contributed by atoms with Crippen LogP contribution in [0.4, 0.5) is 10.5 Å². The van der Waals surface area contributed by atoms with Crippen molar-refractivity contribution in [2.75, 3.05) is 11.9 Å². The first kappa shape index (κ1) is 14.5. The molecule has 4 nitrogen and oxygen atoms in total. The van der Waals surface area contributed by atoms with Gasteiger partial charge in [0, 0.05) is 18.3 Å². The normalized spacial score (nSPS) is 11.9. The minimum Gasteiger partial charge on any atom is -0.396 e. The van der Waals surface area contributed by atoms with Gasteiger partial charge < -0.3 is 15.7 Å². The van der Waals surface area contributed by atoms with Gasteiger partial charge in [-0.15, -0.1) is 0 Å². The Morgan fingerprint density at radius 3 is 2.56 bits per heavy atom. The third kappa shape index (κ3) is 5.19. The Kier molecular flexibility index (Phi) is 6.22. The number of carbonyl (C=O) groups excluding carboxylic acids is 1. The van der Waals surface area contributed by atoms with Gasteiger partial charge in [0.2, 0.25) is 0 Å². The van der Waals surface area contributed by atoms with E-state index in [4.69, 9.17) is 5.11 Å². The van der Waals surface area contributed by atoms with Crippen LogP contribution in [0.2, 0.25) is 0 Å². The molecule has 0 aromatic heterocycles. The summed E-state index contributed by atoms with van der Waals surface area (Å²) >= 11 is 0. The van der Waals surface area contributed by atoms with E-state index in [1.54, 1.807) is 0 Å². The van der Waals surface area contributed by atoms with Crippen molar-refractivity contribution in [1.29, 1.82) is 0 Å². The summed E-state index contributed by atoms with van der Waals surface area (Å²) in [6.07, 6.45) is 2.47. The van der Waals surface area contributed by atoms with E-state index in [0.717, 1.165) is 18.5 Å². The van der Waals surface area contributed by atoms with Crippen LogP contribution in [-0.2, 0) is 6.42 Å². The van der Waals surface area contributed by atoms with E-state index in [-0.39, 0.29) is 18.7 Å². The van der Waals surface area contributed by atoms with Crippen LogP contribution >= 0.6 is 0 Å². The molecule has 4 heteroatoms. The second kappa shape index (κ2) is 7.71. The van der Waals surface area contributed by atoms with E-state index in [1.165, 1.54) is 5.56 Å². The molecule has 100 valence electrons. The predicted molar refractivity (Wildman–Crippen MR) is 73.8 cm³/mol. The van der Waals surface area contributed by atoms with E-state index < -0.39 is 0 Å². The molecule has 0 radical (unpaired) electrons. The summed E-state index contributed by atoms with van der Waals surface area (Å²) in [6.45, 7) is 4.18. The molecule has 0 heterocycles. The number of urea groups is 1. The number of nitrogens with one attached hydrogen (secondary N) is 2. The smallest absolute Gasteiger partial charge is 0.319 e. The van der Waals surface area contributed by atoms with Gasteiger partial charge in [0.25, 0.3) is 0 Å². The highest BCUT2D eigenvalue weighted by molar-refractivity contribution is 5.89. The molecule has 0 saturated heterocycles. The highest BCUT2D eigenvalue weighted by Gasteiger charge is 2.06. The molecule has 18 heavy (non-hydrogen) atoms. The summed E-state index contributed by atoms with van der Waals surface area (Å²) in [4.78, 5) is 11.7. The van der Waals surface area contributed by atoms with E-state index >= 15 is 0 Å². The highest BCUT2D eigenvalue weighted by atomic mass is 16.3. The van der Waals surface area contributed by atoms with Crippen molar-refractivity contribution in [2.45, 2.75) is 39.2 Å². The fourth-order valence-corrected chi connectivity index (χ4v) is 1.68. The van der Waals surface area contributed by atoms with Crippen LogP contribution in [0.5, 0.6) is 0 Å². The molecule has 2 amide bonds. The van der Waals surface area contributed by atoms with Crippen LogP contribution in [0.25, 0.3) is 0 Å². The van der Waals surface area contributed by atoms with Crippen LogP contribution < -0.4 is 10.6 Å². The number of aliphatic hydroxyl groups excluding tert-OH is 1. The number of hydrogen-bond acceptors (Lipinski definition) is 2. The first-order chi connectivity index (χ1) is 8.65. The minimum absolute atomic E-state index is 0.0621. The summed E-state index contributed by atoms with van der Waals surface area (Å²) in [5, 5.41) is 14.3. The van der Waals surface area contributed by atoms with Crippen LogP contribution in [0.3, 0.4) is 0 Å². The van der Waals surface area contributed by atoms with Gasteiger partial charge in [0.1, 0.15) is 0 Å². The molecule has 0 bridgehead atoms. The number of aliphatic hydroxyl groups is 1. The van der Waals surface area contributed by atoms with Crippen LogP contribution in [-0.4, -0.2) is 23.8 Å². The van der Waals surface area contributed by atoms with Crippen LogP contribution in [0.15, 0.2) is 24.3 Å². The van der Waals surface area contributed by atoms with E-state index in [2.05, 4.69) is 17.6 Å². The van der Waals surface area contributed by atoms with Crippen molar-refractivity contribution in [3.8, 4) is 0 Å². The third-order valence-corrected chi connectivity index (χ3v) is 2.79. The number of aryl methyl sites for hydroxylation is 1. The number of anilines is 1. The lowest BCUT2D eigenvalue weighted by atomic mass is 10.1. The van der Waals surface area contributed by atoms with Gasteiger partial charge in [-0.25, -0.2) is 4.79 Å². The Bertz CT molecular complexity index is 363. The van der Waals surface area contributed by atoms with E-state index in [9.17, 15) is 4.79 Å². The lowest BCUT2D eigenvalue weighted by molar-refractivity contribution is 0.245. The van der Waals surface area contributed by atoms with Gasteiger partial charge >= 0.3 is 6.03 Å². The Morgan fingerprint density at radius 1 is 1.33 bits per heavy atom. The zero-order valence-corrected chi connectivity index (χ0v) is 11.1. The highest BCUT2D eigenvalue weighted by Crippen LogP contribution is 2.09. The maximum Gasteiger partial charge on any atom is 0.319 e. The SMILES string of the molecule is CCc1ccc(NC(=O)NC(C)CCCO)cc1. The van der Waals surface area contributed by atoms with Crippen LogP contribution in [0, 0.1) is 0 Å². The number of amides is 2. The second-order valence-electron chi connectivity index (χ2n) is 4.42. The van der Waals surface area contributed by atoms with Gasteiger partial charge in [-0.05, 0) is 43.9 Å². The van der Waals surface area contributed by atoms with Crippen molar-refractivity contribution in [1.82, 2.24) is 5.32 Å². The Hall–Kier alpha value is -1.55. The molecule has 1 aromatic carbocycles. The van der Waals surface area contributed by atoms with Gasteiger partial charge in [-0.3, -0.25) is 0 Å². The molecular weight excluding hydrogens is 228 g/mol. The molecule has 1 atom stereocenters. The number of benzene rings is 1. The monoisotopic (exact) mass is 250 g/mol. The first-order valence-electron chi connectivity index (χ1n) is 6.43. The lowest BCUT2D eigenvalue weighted by Gasteiger charge is -2.14. The molecule has 0 spiro atoms. The topological polar surface area (TPSA) is 61.4 Å². The number of carbonyl (C=O) groups is 1. The standard InChI is InChI=1S/C14H22N2O2/c1-3-12-6-8-13(9-7-12)16-14(18)15-11(2)5-4-10-17/h6-9,11,17H,3-5,10H2,1-2H3,(H2,15,16,18). The second-order valence-corrected chi connectivity index (χ2v) is 4.42. The fourth-order valence-electron chi connectivity index (χ4n) is 1.68. The summed E-state index contributed by atoms with van der Waals surface area (Å²) in [5.74, 6) is 0. The largest absolute Gasteiger partial charge is 0.396 e. The maximum absolute atomic E-state index is 11.7. The van der Waals surface area contributed by atoms with E-state index in [0.29, 0.717) is 6.42 Å².